The lowest BCUT2D eigenvalue weighted by Gasteiger charge is -2.46. The average molecular weight is 708 g/mol. The zero-order valence-electron chi connectivity index (χ0n) is 30.3. The topological polar surface area (TPSA) is 3.24 Å². The summed E-state index contributed by atoms with van der Waals surface area (Å²) in [5.41, 5.74) is 16.1. The highest BCUT2D eigenvalue weighted by Gasteiger charge is 2.53. The van der Waals surface area contributed by atoms with E-state index in [9.17, 15) is 0 Å². The van der Waals surface area contributed by atoms with Crippen molar-refractivity contribution in [3.63, 3.8) is 0 Å². The van der Waals surface area contributed by atoms with Crippen molar-refractivity contribution >= 4 is 48.6 Å². The van der Waals surface area contributed by atoms with Gasteiger partial charge in [-0.25, -0.2) is 0 Å². The predicted molar refractivity (Wildman–Crippen MR) is 229 cm³/mol. The van der Waals surface area contributed by atoms with Gasteiger partial charge in [0.05, 0.1) is 11.1 Å². The quantitative estimate of drug-likeness (QED) is 0.176. The summed E-state index contributed by atoms with van der Waals surface area (Å²) in [7, 11) is 0. The van der Waals surface area contributed by atoms with Gasteiger partial charge in [0.2, 0.25) is 0 Å². The first kappa shape index (κ1) is 31.3. The Kier molecular flexibility index (Phi) is 6.75. The summed E-state index contributed by atoms with van der Waals surface area (Å²) < 4.78 is 2.61. The van der Waals surface area contributed by atoms with Crippen molar-refractivity contribution in [2.75, 3.05) is 4.90 Å². The minimum absolute atomic E-state index is 0.139. The normalized spacial score (nSPS) is 14.4. The summed E-state index contributed by atoms with van der Waals surface area (Å²) in [6, 6.07) is 70.2. The lowest BCUT2D eigenvalue weighted by atomic mass is 9.55. The van der Waals surface area contributed by atoms with Gasteiger partial charge >= 0.3 is 0 Å². The van der Waals surface area contributed by atoms with E-state index < -0.39 is 5.41 Å². The molecule has 0 atom stereocenters. The van der Waals surface area contributed by atoms with Crippen LogP contribution in [0.2, 0.25) is 0 Å². The lowest BCUT2D eigenvalue weighted by molar-refractivity contribution is 0.563. The Bertz CT molecular complexity index is 2860. The van der Waals surface area contributed by atoms with Gasteiger partial charge < -0.3 is 4.90 Å². The molecule has 0 radical (unpaired) electrons. The van der Waals surface area contributed by atoms with Crippen LogP contribution in [0.25, 0.3) is 42.4 Å². The number of benzene rings is 8. The summed E-state index contributed by atoms with van der Waals surface area (Å²) >= 11 is 1.87. The smallest absolute Gasteiger partial charge is 0.0720 e. The maximum atomic E-state index is 2.50. The number of anilines is 3. The molecule has 2 aliphatic carbocycles. The van der Waals surface area contributed by atoms with Gasteiger partial charge in [-0.1, -0.05) is 166 Å². The fourth-order valence-corrected chi connectivity index (χ4v) is 10.9. The molecule has 2 heteroatoms. The molecule has 2 aliphatic rings. The van der Waals surface area contributed by atoms with Crippen molar-refractivity contribution < 1.29 is 0 Å². The summed E-state index contributed by atoms with van der Waals surface area (Å²) in [5, 5.41) is 2.62. The van der Waals surface area contributed by atoms with Gasteiger partial charge in [0.15, 0.2) is 0 Å². The molecular weight excluding hydrogens is 671 g/mol. The first-order chi connectivity index (χ1) is 26.5. The fourth-order valence-electron chi connectivity index (χ4n) is 9.79. The molecule has 8 aromatic carbocycles. The van der Waals surface area contributed by atoms with Gasteiger partial charge in [0.1, 0.15) is 0 Å². The third-order valence-electron chi connectivity index (χ3n) is 12.1. The molecule has 0 saturated heterocycles. The van der Waals surface area contributed by atoms with Crippen LogP contribution in [0.1, 0.15) is 47.2 Å². The third kappa shape index (κ3) is 4.26. The van der Waals surface area contributed by atoms with Crippen LogP contribution in [0.5, 0.6) is 0 Å². The van der Waals surface area contributed by atoms with Crippen molar-refractivity contribution in [2.45, 2.75) is 24.7 Å². The first-order valence-corrected chi connectivity index (χ1v) is 19.7. The molecule has 0 bridgehead atoms. The zero-order valence-corrected chi connectivity index (χ0v) is 31.1. The van der Waals surface area contributed by atoms with Crippen LogP contribution < -0.4 is 4.90 Å². The van der Waals surface area contributed by atoms with E-state index in [4.69, 9.17) is 0 Å². The Morgan fingerprint density at radius 3 is 1.70 bits per heavy atom. The molecule has 0 unspecified atom stereocenters. The van der Waals surface area contributed by atoms with E-state index in [1.165, 1.54) is 81.5 Å². The van der Waals surface area contributed by atoms with E-state index in [0.29, 0.717) is 0 Å². The highest BCUT2D eigenvalue weighted by molar-refractivity contribution is 7.25. The standard InChI is InChI=1S/C52H37NS/c1-51(2)42-20-9-11-22-44(42)52(45-23-12-10-21-43(45)51)41-19-8-6-18-40(41)50-46(52)24-14-25-47(50)53(36-29-27-35(28-30-36)34-15-4-3-5-16-34)37-31-32-39-38-17-7-13-26-48(38)54-49(39)33-37/h3-33H,1-2H3. The number of nitrogens with zero attached hydrogens (tertiary/aromatic N) is 1. The first-order valence-electron chi connectivity index (χ1n) is 18.9. The van der Waals surface area contributed by atoms with Gasteiger partial charge in [-0.3, -0.25) is 0 Å². The van der Waals surface area contributed by atoms with Gasteiger partial charge in [-0.15, -0.1) is 11.3 Å². The minimum Gasteiger partial charge on any atom is -0.310 e. The van der Waals surface area contributed by atoms with Crippen molar-refractivity contribution in [1.82, 2.24) is 0 Å². The number of rotatable bonds is 4. The predicted octanol–water partition coefficient (Wildman–Crippen LogP) is 14.2. The molecule has 0 amide bonds. The molecule has 11 rings (SSSR count). The molecule has 1 spiro atoms. The number of hydrogen-bond donors (Lipinski definition) is 0. The molecule has 256 valence electrons. The average Bonchev–Trinajstić information content (AvgIpc) is 3.75. The second-order valence-electron chi connectivity index (χ2n) is 15.2. The fraction of sp³-hybridized carbons (Fsp3) is 0.0769. The van der Waals surface area contributed by atoms with Crippen molar-refractivity contribution in [3.05, 3.63) is 221 Å². The second kappa shape index (κ2) is 11.6. The number of hydrogen-bond acceptors (Lipinski definition) is 2. The van der Waals surface area contributed by atoms with Crippen LogP contribution in [-0.2, 0) is 10.8 Å². The van der Waals surface area contributed by atoms with Gasteiger partial charge in [0.25, 0.3) is 0 Å². The maximum absolute atomic E-state index is 2.50. The highest BCUT2D eigenvalue weighted by atomic mass is 32.1. The third-order valence-corrected chi connectivity index (χ3v) is 13.3. The van der Waals surface area contributed by atoms with Crippen LogP contribution in [0.4, 0.5) is 17.1 Å². The molecule has 0 saturated carbocycles. The van der Waals surface area contributed by atoms with E-state index in [1.54, 1.807) is 0 Å². The van der Waals surface area contributed by atoms with E-state index in [1.807, 2.05) is 11.3 Å². The summed E-state index contributed by atoms with van der Waals surface area (Å²) in [4.78, 5) is 2.50. The molecular formula is C52H37NS. The van der Waals surface area contributed by atoms with Crippen LogP contribution in [0.15, 0.2) is 188 Å². The molecule has 1 aromatic heterocycles. The second-order valence-corrected chi connectivity index (χ2v) is 16.3. The maximum Gasteiger partial charge on any atom is 0.0720 e. The van der Waals surface area contributed by atoms with Gasteiger partial charge in [0, 0.05) is 42.5 Å². The van der Waals surface area contributed by atoms with Crippen LogP contribution in [0.3, 0.4) is 0 Å². The monoisotopic (exact) mass is 707 g/mol. The van der Waals surface area contributed by atoms with E-state index in [0.717, 1.165) is 11.4 Å². The number of thiophene rings is 1. The molecule has 1 heterocycles. The van der Waals surface area contributed by atoms with Gasteiger partial charge in [-0.2, -0.15) is 0 Å². The Hall–Kier alpha value is -6.22. The molecule has 9 aromatic rings. The van der Waals surface area contributed by atoms with Crippen molar-refractivity contribution in [3.8, 4) is 22.3 Å². The Morgan fingerprint density at radius 1 is 0.407 bits per heavy atom. The molecule has 54 heavy (non-hydrogen) atoms. The van der Waals surface area contributed by atoms with E-state index >= 15 is 0 Å². The Labute approximate surface area is 320 Å². The molecule has 0 fully saturated rings. The van der Waals surface area contributed by atoms with E-state index in [-0.39, 0.29) is 5.41 Å². The molecule has 0 N–H and O–H groups in total. The number of fused-ring (bicyclic) bond motifs is 12. The van der Waals surface area contributed by atoms with Crippen LogP contribution in [-0.4, -0.2) is 0 Å². The Balaban J connectivity index is 1.21. The van der Waals surface area contributed by atoms with Crippen molar-refractivity contribution in [2.24, 2.45) is 0 Å². The Morgan fingerprint density at radius 2 is 0.963 bits per heavy atom. The van der Waals surface area contributed by atoms with Crippen LogP contribution in [0, 0.1) is 0 Å². The minimum atomic E-state index is -0.455. The largest absolute Gasteiger partial charge is 0.310 e. The lowest BCUT2D eigenvalue weighted by Crippen LogP contribution is -2.40. The van der Waals surface area contributed by atoms with E-state index in [2.05, 4.69) is 207 Å². The summed E-state index contributed by atoms with van der Waals surface area (Å²) in [5.74, 6) is 0. The van der Waals surface area contributed by atoms with Crippen molar-refractivity contribution in [1.29, 1.82) is 0 Å². The van der Waals surface area contributed by atoms with Gasteiger partial charge in [-0.05, 0) is 86.5 Å². The summed E-state index contributed by atoms with van der Waals surface area (Å²) in [6.45, 7) is 4.78. The van der Waals surface area contributed by atoms with Crippen LogP contribution >= 0.6 is 11.3 Å². The molecule has 0 aliphatic heterocycles. The zero-order chi connectivity index (χ0) is 36.0. The molecule has 1 nitrogen and oxygen atoms in total. The summed E-state index contributed by atoms with van der Waals surface area (Å²) in [6.07, 6.45) is 0. The SMILES string of the molecule is CC1(C)c2ccccc2C2(c3ccccc3-c3c(N(c4ccc(-c5ccccc5)cc4)c4ccc5c(c4)sc4ccccc45)cccc32)c2ccccc21. The highest BCUT2D eigenvalue weighted by Crippen LogP contribution is 2.64.